The predicted molar refractivity (Wildman–Crippen MR) is 102 cm³/mol. The van der Waals surface area contributed by atoms with Crippen LogP contribution in [0.1, 0.15) is 18.4 Å². The molecular weight excluding hydrogens is 320 g/mol. The molecule has 0 atom stereocenters. The van der Waals surface area contributed by atoms with Gasteiger partial charge in [-0.25, -0.2) is 0 Å². The Hall–Kier alpha value is -2.13. The molecule has 0 aliphatic carbocycles. The monoisotopic (exact) mass is 342 g/mol. The van der Waals surface area contributed by atoms with Gasteiger partial charge in [0, 0.05) is 31.6 Å². The molecule has 0 unspecified atom stereocenters. The summed E-state index contributed by atoms with van der Waals surface area (Å²) < 4.78 is 6.25. The van der Waals surface area contributed by atoms with E-state index in [0.717, 1.165) is 43.8 Å². The molecule has 0 bridgehead atoms. The largest absolute Gasteiger partial charge is 0.490 e. The minimum atomic E-state index is 0.236. The number of benzene rings is 2. The van der Waals surface area contributed by atoms with E-state index in [1.807, 2.05) is 42.5 Å². The fraction of sp³-hybridized carbons (Fsp3) is 0.300. The normalized spacial score (nSPS) is 15.3. The van der Waals surface area contributed by atoms with E-state index in [0.29, 0.717) is 10.7 Å². The maximum atomic E-state index is 6.32. The summed E-state index contributed by atoms with van der Waals surface area (Å²) in [5.74, 6) is 0.973. The van der Waals surface area contributed by atoms with Crippen molar-refractivity contribution in [1.29, 1.82) is 0 Å². The lowest BCUT2D eigenvalue weighted by molar-refractivity contribution is 0.169. The van der Waals surface area contributed by atoms with Gasteiger partial charge in [-0.15, -0.1) is 6.58 Å². The lowest BCUT2D eigenvalue weighted by Gasteiger charge is -2.34. The van der Waals surface area contributed by atoms with Crippen LogP contribution in [0.3, 0.4) is 0 Å². The van der Waals surface area contributed by atoms with Crippen molar-refractivity contribution in [2.45, 2.75) is 25.4 Å². The van der Waals surface area contributed by atoms with Gasteiger partial charge in [0.2, 0.25) is 0 Å². The van der Waals surface area contributed by atoms with Crippen LogP contribution in [0.15, 0.2) is 55.1 Å². The highest BCUT2D eigenvalue weighted by Crippen LogP contribution is 2.31. The van der Waals surface area contributed by atoms with E-state index in [9.17, 15) is 0 Å². The maximum Gasteiger partial charge on any atom is 0.123 e. The number of ether oxygens (including phenoxy) is 1. The van der Waals surface area contributed by atoms with Crippen molar-refractivity contribution in [3.63, 3.8) is 0 Å². The third kappa shape index (κ3) is 3.85. The molecule has 126 valence electrons. The topological polar surface area (TPSA) is 38.5 Å². The number of nitrogens with zero attached hydrogens (tertiary/aromatic N) is 1. The first kappa shape index (κ1) is 16.7. The van der Waals surface area contributed by atoms with Crippen molar-refractivity contribution in [1.82, 2.24) is 0 Å². The number of hydrogen-bond donors (Lipinski definition) is 1. The van der Waals surface area contributed by atoms with Crippen molar-refractivity contribution in [2.75, 3.05) is 23.7 Å². The zero-order valence-corrected chi connectivity index (χ0v) is 14.5. The average molecular weight is 343 g/mol. The second-order valence-electron chi connectivity index (χ2n) is 6.12. The van der Waals surface area contributed by atoms with Gasteiger partial charge in [0.05, 0.1) is 10.7 Å². The molecule has 0 saturated carbocycles. The van der Waals surface area contributed by atoms with Crippen LogP contribution in [0, 0.1) is 0 Å². The number of hydrogen-bond acceptors (Lipinski definition) is 3. The highest BCUT2D eigenvalue weighted by Gasteiger charge is 2.22. The average Bonchev–Trinajstić information content (AvgIpc) is 2.58. The van der Waals surface area contributed by atoms with Gasteiger partial charge in [0.1, 0.15) is 11.9 Å². The third-order valence-electron chi connectivity index (χ3n) is 4.38. The molecule has 2 N–H and O–H groups in total. The number of nitrogens with two attached hydrogens (primary N) is 1. The Morgan fingerprint density at radius 1 is 1.21 bits per heavy atom. The number of halogens is 1. The predicted octanol–water partition coefficient (Wildman–Crippen LogP) is 4.70. The zero-order chi connectivity index (χ0) is 16.9. The summed E-state index contributed by atoms with van der Waals surface area (Å²) in [6, 6.07) is 13.9. The molecule has 3 rings (SSSR count). The fourth-order valence-electron chi connectivity index (χ4n) is 3.12. The van der Waals surface area contributed by atoms with E-state index in [-0.39, 0.29) is 6.10 Å². The SMILES string of the molecule is C=CCc1ccccc1OC1CCN(c2ccc(N)cc2Cl)CC1. The summed E-state index contributed by atoms with van der Waals surface area (Å²) in [6.07, 6.45) is 4.93. The third-order valence-corrected chi connectivity index (χ3v) is 4.69. The van der Waals surface area contributed by atoms with Crippen molar-refractivity contribution >= 4 is 23.0 Å². The maximum absolute atomic E-state index is 6.32. The number of piperidine rings is 1. The molecule has 1 aliphatic heterocycles. The Labute approximate surface area is 148 Å². The molecule has 1 saturated heterocycles. The molecule has 0 radical (unpaired) electrons. The second-order valence-corrected chi connectivity index (χ2v) is 6.52. The number of anilines is 2. The van der Waals surface area contributed by atoms with Crippen molar-refractivity contribution in [3.05, 3.63) is 65.7 Å². The van der Waals surface area contributed by atoms with Gasteiger partial charge in [-0.2, -0.15) is 0 Å². The molecule has 24 heavy (non-hydrogen) atoms. The van der Waals surface area contributed by atoms with Crippen molar-refractivity contribution in [2.24, 2.45) is 0 Å². The summed E-state index contributed by atoms with van der Waals surface area (Å²) in [5.41, 5.74) is 8.71. The van der Waals surface area contributed by atoms with Crippen LogP contribution in [0.5, 0.6) is 5.75 Å². The van der Waals surface area contributed by atoms with Crippen LogP contribution in [0.2, 0.25) is 5.02 Å². The van der Waals surface area contributed by atoms with E-state index < -0.39 is 0 Å². The lowest BCUT2D eigenvalue weighted by atomic mass is 10.1. The second kappa shape index (κ2) is 7.63. The minimum absolute atomic E-state index is 0.236. The van der Waals surface area contributed by atoms with Crippen LogP contribution in [0.25, 0.3) is 0 Å². The standard InChI is InChI=1S/C20H23ClN2O/c1-2-5-15-6-3-4-7-20(15)24-17-10-12-23(13-11-17)19-9-8-16(22)14-18(19)21/h2-4,6-9,14,17H,1,5,10-13,22H2. The summed E-state index contributed by atoms with van der Waals surface area (Å²) in [5, 5.41) is 0.714. The summed E-state index contributed by atoms with van der Waals surface area (Å²) in [7, 11) is 0. The Morgan fingerprint density at radius 2 is 1.96 bits per heavy atom. The molecule has 0 amide bonds. The van der Waals surface area contributed by atoms with Gasteiger partial charge in [-0.3, -0.25) is 0 Å². The van der Waals surface area contributed by atoms with Gasteiger partial charge in [0.25, 0.3) is 0 Å². The number of nitrogen functional groups attached to an aromatic ring is 1. The van der Waals surface area contributed by atoms with Crippen molar-refractivity contribution in [3.8, 4) is 5.75 Å². The molecular formula is C20H23ClN2O. The highest BCUT2D eigenvalue weighted by atomic mass is 35.5. The molecule has 0 spiro atoms. The molecule has 1 fully saturated rings. The molecule has 3 nitrogen and oxygen atoms in total. The molecule has 1 heterocycles. The van der Waals surface area contributed by atoms with E-state index in [2.05, 4.69) is 17.5 Å². The summed E-state index contributed by atoms with van der Waals surface area (Å²) in [4.78, 5) is 2.30. The van der Waals surface area contributed by atoms with E-state index >= 15 is 0 Å². The van der Waals surface area contributed by atoms with Crippen LogP contribution >= 0.6 is 11.6 Å². The Balaban J connectivity index is 1.62. The van der Waals surface area contributed by atoms with Crippen molar-refractivity contribution < 1.29 is 4.74 Å². The minimum Gasteiger partial charge on any atom is -0.490 e. The fourth-order valence-corrected chi connectivity index (χ4v) is 3.43. The highest BCUT2D eigenvalue weighted by molar-refractivity contribution is 6.33. The molecule has 2 aromatic carbocycles. The van der Waals surface area contributed by atoms with E-state index in [1.165, 1.54) is 5.56 Å². The molecule has 2 aromatic rings. The van der Waals surface area contributed by atoms with Crippen LogP contribution in [0.4, 0.5) is 11.4 Å². The first-order chi connectivity index (χ1) is 11.7. The Morgan fingerprint density at radius 3 is 2.67 bits per heavy atom. The van der Waals surface area contributed by atoms with Gasteiger partial charge < -0.3 is 15.4 Å². The molecule has 1 aliphatic rings. The van der Waals surface area contributed by atoms with E-state index in [1.54, 1.807) is 0 Å². The van der Waals surface area contributed by atoms with Gasteiger partial charge in [0.15, 0.2) is 0 Å². The smallest absolute Gasteiger partial charge is 0.123 e. The van der Waals surface area contributed by atoms with Crippen LogP contribution < -0.4 is 15.4 Å². The zero-order valence-electron chi connectivity index (χ0n) is 13.7. The van der Waals surface area contributed by atoms with Crippen LogP contribution in [-0.4, -0.2) is 19.2 Å². The molecule has 4 heteroatoms. The quantitative estimate of drug-likeness (QED) is 0.632. The number of allylic oxidation sites excluding steroid dienone is 1. The van der Waals surface area contributed by atoms with Gasteiger partial charge in [-0.05, 0) is 36.2 Å². The first-order valence-corrected chi connectivity index (χ1v) is 8.70. The Kier molecular flexibility index (Phi) is 5.31. The van der Waals surface area contributed by atoms with Crippen LogP contribution in [-0.2, 0) is 6.42 Å². The number of rotatable bonds is 5. The summed E-state index contributed by atoms with van der Waals surface area (Å²) in [6.45, 7) is 5.68. The summed E-state index contributed by atoms with van der Waals surface area (Å²) >= 11 is 6.32. The first-order valence-electron chi connectivity index (χ1n) is 8.33. The lowest BCUT2D eigenvalue weighted by Crippen LogP contribution is -2.38. The Bertz CT molecular complexity index is 709. The molecule has 0 aromatic heterocycles. The number of para-hydroxylation sites is 1. The van der Waals surface area contributed by atoms with Gasteiger partial charge in [-0.1, -0.05) is 35.9 Å². The van der Waals surface area contributed by atoms with Gasteiger partial charge >= 0.3 is 0 Å². The van der Waals surface area contributed by atoms with E-state index in [4.69, 9.17) is 22.1 Å².